The zero-order valence-electron chi connectivity index (χ0n) is 15.9. The van der Waals surface area contributed by atoms with Crippen molar-refractivity contribution >= 4 is 13.6 Å². The van der Waals surface area contributed by atoms with E-state index < -0.39 is 8.07 Å². The van der Waals surface area contributed by atoms with Crippen LogP contribution in [-0.4, -0.2) is 8.07 Å². The Labute approximate surface area is 175 Å². The predicted molar refractivity (Wildman–Crippen MR) is 109 cm³/mol. The third-order valence-corrected chi connectivity index (χ3v) is 4.02. The molecule has 1 aromatic rings. The third kappa shape index (κ3) is 12.7. The van der Waals surface area contributed by atoms with E-state index in [2.05, 4.69) is 76.3 Å². The molecule has 0 saturated carbocycles. The summed E-state index contributed by atoms with van der Waals surface area (Å²) in [6.45, 7) is 11.1. The first-order chi connectivity index (χ1) is 11.4. The largest absolute Gasteiger partial charge is 4.00 e. The normalized spacial score (nSPS) is 13.7. The summed E-state index contributed by atoms with van der Waals surface area (Å²) in [6, 6.07) is 9.61. The van der Waals surface area contributed by atoms with Gasteiger partial charge in [-0.25, -0.2) is 36.4 Å². The van der Waals surface area contributed by atoms with Crippen LogP contribution in [0.2, 0.25) is 19.6 Å². The topological polar surface area (TPSA) is 0 Å². The molecule has 0 amide bonds. The van der Waals surface area contributed by atoms with Gasteiger partial charge in [0.05, 0.1) is 0 Å². The summed E-state index contributed by atoms with van der Waals surface area (Å²) in [5.41, 5.74) is 7.21. The summed E-state index contributed by atoms with van der Waals surface area (Å²) in [4.78, 5) is 0. The fourth-order valence-electron chi connectivity index (χ4n) is 1.99. The summed E-state index contributed by atoms with van der Waals surface area (Å²) in [5, 5.41) is 0. The van der Waals surface area contributed by atoms with Gasteiger partial charge in [-0.05, 0) is 8.07 Å². The molecule has 0 nitrogen and oxygen atoms in total. The van der Waals surface area contributed by atoms with Crippen LogP contribution in [0.3, 0.4) is 0 Å². The molecule has 0 atom stereocenters. The van der Waals surface area contributed by atoms with Crippen LogP contribution in [0.5, 0.6) is 0 Å². The molecular formula is C23H26SiZr. The van der Waals surface area contributed by atoms with Crippen LogP contribution in [0.25, 0.3) is 5.57 Å². The quantitative estimate of drug-likeness (QED) is 0.390. The van der Waals surface area contributed by atoms with E-state index in [0.717, 1.165) is 0 Å². The van der Waals surface area contributed by atoms with Gasteiger partial charge in [0.1, 0.15) is 0 Å². The van der Waals surface area contributed by atoms with E-state index in [0.29, 0.717) is 0 Å². The Bertz CT molecular complexity index is 598. The maximum absolute atomic E-state index is 3.59. The summed E-state index contributed by atoms with van der Waals surface area (Å²) in [6.07, 6.45) is 21.0. The second kappa shape index (κ2) is 13.0. The molecule has 0 spiro atoms. The van der Waals surface area contributed by atoms with Gasteiger partial charge >= 0.3 is 26.2 Å². The maximum atomic E-state index is 3.59. The fraction of sp³-hybridized carbons (Fsp3) is 0.217. The molecule has 25 heavy (non-hydrogen) atoms. The molecule has 0 saturated heterocycles. The van der Waals surface area contributed by atoms with Crippen molar-refractivity contribution in [2.45, 2.75) is 33.5 Å². The molecule has 0 bridgehead atoms. The maximum Gasteiger partial charge on any atom is 4.00 e. The van der Waals surface area contributed by atoms with Crippen molar-refractivity contribution in [1.82, 2.24) is 0 Å². The molecule has 0 fully saturated rings. The van der Waals surface area contributed by atoms with Crippen LogP contribution < -0.4 is 0 Å². The minimum atomic E-state index is -1.23. The molecule has 2 aliphatic rings. The van der Waals surface area contributed by atoms with E-state index in [-0.39, 0.29) is 26.2 Å². The number of hydrogen-bond acceptors (Lipinski definition) is 0. The third-order valence-electron chi connectivity index (χ3n) is 2.90. The van der Waals surface area contributed by atoms with E-state index in [4.69, 9.17) is 0 Å². The molecule has 126 valence electrons. The van der Waals surface area contributed by atoms with Gasteiger partial charge in [-0.1, -0.05) is 26.6 Å². The number of hydrogen-bond donors (Lipinski definition) is 0. The summed E-state index contributed by atoms with van der Waals surface area (Å²) in [5.74, 6) is 0. The Morgan fingerprint density at radius 2 is 1.36 bits per heavy atom. The minimum Gasteiger partial charge on any atom is -0.328 e. The van der Waals surface area contributed by atoms with Crippen molar-refractivity contribution in [3.63, 3.8) is 0 Å². The van der Waals surface area contributed by atoms with Crippen molar-refractivity contribution in [3.05, 3.63) is 103 Å². The standard InChI is InChI=1S/C13H18Si.2C5H4.Zr/c1-11-7-6-8-13(9-11)12(2)10-14(3,4)5;2*1-2-4-5-3-1;/h6-8H,1-5H3;2*1-4H;/q-2;2*-1;+4. The summed E-state index contributed by atoms with van der Waals surface area (Å²) in [7, 11) is -1.23. The molecule has 0 aliphatic heterocycles. The average molecular weight is 422 g/mol. The first-order valence-corrected chi connectivity index (χ1v) is 11.6. The van der Waals surface area contributed by atoms with Gasteiger partial charge in [0.25, 0.3) is 0 Å². The van der Waals surface area contributed by atoms with Gasteiger partial charge in [-0.2, -0.15) is 48.8 Å². The zero-order chi connectivity index (χ0) is 17.8. The summed E-state index contributed by atoms with van der Waals surface area (Å²) < 4.78 is 0. The van der Waals surface area contributed by atoms with Gasteiger partial charge < -0.3 is 16.8 Å². The smallest absolute Gasteiger partial charge is 0.328 e. The Balaban J connectivity index is 0.000000425. The molecular weight excluding hydrogens is 396 g/mol. The Morgan fingerprint density at radius 1 is 0.880 bits per heavy atom. The SMILES string of the molecule is CC(=[C-][Si](C)(C)C)c1[c-]c(C)ccc1.[C-]1C=CC=C1.[C-]1C=CC=C1.[Zr+4]. The molecule has 0 aromatic heterocycles. The van der Waals surface area contributed by atoms with Crippen molar-refractivity contribution in [1.29, 1.82) is 0 Å². The average Bonchev–Trinajstić information content (AvgIpc) is 3.24. The monoisotopic (exact) mass is 420 g/mol. The van der Waals surface area contributed by atoms with Crippen molar-refractivity contribution < 1.29 is 26.2 Å². The van der Waals surface area contributed by atoms with Crippen LogP contribution in [0, 0.1) is 31.5 Å². The number of aryl methyl sites for hydroxylation is 1. The van der Waals surface area contributed by atoms with Gasteiger partial charge in [0, 0.05) is 0 Å². The number of benzene rings is 1. The molecule has 2 heteroatoms. The Kier molecular flexibility index (Phi) is 12.4. The van der Waals surface area contributed by atoms with Crippen LogP contribution in [0.15, 0.2) is 66.8 Å². The van der Waals surface area contributed by atoms with E-state index in [1.807, 2.05) is 48.6 Å². The molecule has 2 radical (unpaired) electrons. The van der Waals surface area contributed by atoms with Crippen LogP contribution in [0.1, 0.15) is 18.1 Å². The number of rotatable bonds is 2. The fourth-order valence-corrected chi connectivity index (χ4v) is 3.25. The van der Waals surface area contributed by atoms with Crippen molar-refractivity contribution in [3.8, 4) is 0 Å². The first kappa shape index (κ1) is 23.8. The molecule has 3 rings (SSSR count). The van der Waals surface area contributed by atoms with E-state index in [9.17, 15) is 0 Å². The molecule has 1 aromatic carbocycles. The Morgan fingerprint density at radius 3 is 1.68 bits per heavy atom. The van der Waals surface area contributed by atoms with E-state index in [1.54, 1.807) is 0 Å². The van der Waals surface area contributed by atoms with Crippen LogP contribution >= 0.6 is 0 Å². The van der Waals surface area contributed by atoms with E-state index >= 15 is 0 Å². The van der Waals surface area contributed by atoms with Gasteiger partial charge in [0.2, 0.25) is 0 Å². The van der Waals surface area contributed by atoms with Gasteiger partial charge in [-0.15, -0.1) is 13.0 Å². The second-order valence-electron chi connectivity index (χ2n) is 6.52. The molecule has 0 N–H and O–H groups in total. The van der Waals surface area contributed by atoms with Crippen LogP contribution in [-0.2, 0) is 26.2 Å². The number of allylic oxidation sites excluding steroid dienone is 9. The second-order valence-corrected chi connectivity index (χ2v) is 11.3. The molecule has 0 heterocycles. The first-order valence-electron chi connectivity index (χ1n) is 8.15. The van der Waals surface area contributed by atoms with Gasteiger partial charge in [-0.3, -0.25) is 0 Å². The van der Waals surface area contributed by atoms with E-state index in [1.165, 1.54) is 16.7 Å². The van der Waals surface area contributed by atoms with Crippen molar-refractivity contribution in [2.75, 3.05) is 0 Å². The molecule has 2 aliphatic carbocycles. The van der Waals surface area contributed by atoms with Crippen molar-refractivity contribution in [2.24, 2.45) is 0 Å². The van der Waals surface area contributed by atoms with Gasteiger partial charge in [0.15, 0.2) is 0 Å². The predicted octanol–water partition coefficient (Wildman–Crippen LogP) is 6.26. The zero-order valence-corrected chi connectivity index (χ0v) is 19.3. The minimum absolute atomic E-state index is 0. The molecule has 0 unspecified atom stereocenters. The Hall–Kier alpha value is -1.24. The summed E-state index contributed by atoms with van der Waals surface area (Å²) >= 11 is 0. The van der Waals surface area contributed by atoms with Crippen LogP contribution in [0.4, 0.5) is 0 Å².